The van der Waals surface area contributed by atoms with E-state index in [1.807, 2.05) is 11.9 Å². The molecule has 0 saturated carbocycles. The molecular weight excluding hydrogens is 241 g/mol. The van der Waals surface area contributed by atoms with Gasteiger partial charge in [-0.3, -0.25) is 0 Å². The maximum Gasteiger partial charge on any atom is 0.416 e. The van der Waals surface area contributed by atoms with Crippen LogP contribution in [-0.4, -0.2) is 38.1 Å². The number of anilines is 1. The minimum absolute atomic E-state index is 0.278. The zero-order chi connectivity index (χ0) is 13.3. The van der Waals surface area contributed by atoms with Crippen LogP contribution in [0.15, 0.2) is 18.2 Å². The van der Waals surface area contributed by atoms with E-state index in [0.29, 0.717) is 5.69 Å². The minimum Gasteiger partial charge on any atom is -0.369 e. The molecule has 1 aromatic rings. The largest absolute Gasteiger partial charge is 0.416 e. The second-order valence-corrected chi connectivity index (χ2v) is 4.79. The van der Waals surface area contributed by atoms with E-state index in [1.165, 1.54) is 13.0 Å². The molecule has 1 fully saturated rings. The molecule has 0 radical (unpaired) electrons. The van der Waals surface area contributed by atoms with Gasteiger partial charge in [-0.15, -0.1) is 0 Å². The molecule has 2 rings (SSSR count). The van der Waals surface area contributed by atoms with Crippen molar-refractivity contribution in [2.45, 2.75) is 13.1 Å². The Morgan fingerprint density at radius 2 is 1.67 bits per heavy atom. The van der Waals surface area contributed by atoms with Crippen LogP contribution in [0.1, 0.15) is 11.1 Å². The summed E-state index contributed by atoms with van der Waals surface area (Å²) in [4.78, 5) is 4.18. The van der Waals surface area contributed by atoms with Crippen LogP contribution in [0.3, 0.4) is 0 Å². The van der Waals surface area contributed by atoms with Crippen LogP contribution in [0.5, 0.6) is 0 Å². The normalized spacial score (nSPS) is 18.2. The van der Waals surface area contributed by atoms with E-state index in [4.69, 9.17) is 0 Å². The van der Waals surface area contributed by atoms with Crippen molar-refractivity contribution in [1.29, 1.82) is 0 Å². The maximum absolute atomic E-state index is 12.8. The van der Waals surface area contributed by atoms with Gasteiger partial charge in [0.1, 0.15) is 0 Å². The number of nitrogens with zero attached hydrogens (tertiary/aromatic N) is 2. The lowest BCUT2D eigenvalue weighted by molar-refractivity contribution is -0.138. The van der Waals surface area contributed by atoms with Gasteiger partial charge in [-0.1, -0.05) is 6.07 Å². The van der Waals surface area contributed by atoms with Gasteiger partial charge in [-0.2, -0.15) is 13.2 Å². The van der Waals surface area contributed by atoms with Gasteiger partial charge in [0.25, 0.3) is 0 Å². The summed E-state index contributed by atoms with van der Waals surface area (Å²) in [6.07, 6.45) is -4.27. The van der Waals surface area contributed by atoms with Gasteiger partial charge in [0, 0.05) is 31.9 Å². The Bertz CT molecular complexity index is 421. The van der Waals surface area contributed by atoms with Crippen molar-refractivity contribution in [1.82, 2.24) is 4.90 Å². The summed E-state index contributed by atoms with van der Waals surface area (Å²) in [5, 5.41) is 0. The molecule has 0 bridgehead atoms. The monoisotopic (exact) mass is 258 g/mol. The van der Waals surface area contributed by atoms with Gasteiger partial charge in [0.05, 0.1) is 5.56 Å². The first kappa shape index (κ1) is 13.2. The second-order valence-electron chi connectivity index (χ2n) is 4.79. The molecule has 0 aromatic heterocycles. The highest BCUT2D eigenvalue weighted by Gasteiger charge is 2.33. The molecule has 0 unspecified atom stereocenters. The van der Waals surface area contributed by atoms with Crippen LogP contribution in [0.25, 0.3) is 0 Å². The third kappa shape index (κ3) is 2.77. The van der Waals surface area contributed by atoms with Crippen LogP contribution in [0.4, 0.5) is 18.9 Å². The van der Waals surface area contributed by atoms with Crippen LogP contribution >= 0.6 is 0 Å². The van der Waals surface area contributed by atoms with Crippen LogP contribution < -0.4 is 4.90 Å². The smallest absolute Gasteiger partial charge is 0.369 e. The molecule has 1 heterocycles. The average molecular weight is 258 g/mol. The second kappa shape index (κ2) is 4.80. The number of aryl methyl sites for hydroxylation is 1. The van der Waals surface area contributed by atoms with Crippen LogP contribution in [-0.2, 0) is 6.18 Å². The first-order chi connectivity index (χ1) is 8.38. The number of hydrogen-bond acceptors (Lipinski definition) is 2. The number of likely N-dealkylation sites (N-methyl/N-ethyl adjacent to an activating group) is 1. The van der Waals surface area contributed by atoms with Gasteiger partial charge in [0.2, 0.25) is 0 Å². The highest BCUT2D eigenvalue weighted by Crippen LogP contribution is 2.34. The molecule has 1 aromatic carbocycles. The van der Waals surface area contributed by atoms with Crippen LogP contribution in [0.2, 0.25) is 0 Å². The summed E-state index contributed by atoms with van der Waals surface area (Å²) in [6, 6.07) is 4.59. The molecule has 0 spiro atoms. The minimum atomic E-state index is -4.27. The first-order valence-corrected chi connectivity index (χ1v) is 5.99. The van der Waals surface area contributed by atoms with Crippen molar-refractivity contribution in [2.75, 3.05) is 38.1 Å². The molecular formula is C13H17F3N2. The van der Waals surface area contributed by atoms with Crippen molar-refractivity contribution < 1.29 is 13.2 Å². The lowest BCUT2D eigenvalue weighted by Gasteiger charge is -2.34. The molecule has 5 heteroatoms. The molecule has 1 saturated heterocycles. The Morgan fingerprint density at radius 1 is 1.06 bits per heavy atom. The van der Waals surface area contributed by atoms with Crippen LogP contribution in [0, 0.1) is 6.92 Å². The van der Waals surface area contributed by atoms with Crippen molar-refractivity contribution in [3.63, 3.8) is 0 Å². The summed E-state index contributed by atoms with van der Waals surface area (Å²) in [6.45, 7) is 4.81. The fraction of sp³-hybridized carbons (Fsp3) is 0.538. The molecule has 1 aliphatic rings. The Labute approximate surface area is 105 Å². The molecule has 18 heavy (non-hydrogen) atoms. The zero-order valence-electron chi connectivity index (χ0n) is 10.6. The summed E-state index contributed by atoms with van der Waals surface area (Å²) < 4.78 is 38.5. The van der Waals surface area contributed by atoms with Gasteiger partial charge in [-0.05, 0) is 31.7 Å². The first-order valence-electron chi connectivity index (χ1n) is 5.99. The topological polar surface area (TPSA) is 6.48 Å². The summed E-state index contributed by atoms with van der Waals surface area (Å²) in [5.41, 5.74) is 0.417. The lowest BCUT2D eigenvalue weighted by atomic mass is 10.1. The van der Waals surface area contributed by atoms with E-state index in [-0.39, 0.29) is 5.56 Å². The number of hydrogen-bond donors (Lipinski definition) is 0. The summed E-state index contributed by atoms with van der Waals surface area (Å²) in [5.74, 6) is 0. The molecule has 0 N–H and O–H groups in total. The Balaban J connectivity index is 2.24. The Kier molecular flexibility index (Phi) is 3.52. The quantitative estimate of drug-likeness (QED) is 0.764. The fourth-order valence-electron chi connectivity index (χ4n) is 2.18. The van der Waals surface area contributed by atoms with E-state index in [1.54, 1.807) is 12.1 Å². The van der Waals surface area contributed by atoms with Crippen molar-refractivity contribution in [2.24, 2.45) is 0 Å². The molecule has 100 valence electrons. The number of benzene rings is 1. The molecule has 1 aliphatic heterocycles. The summed E-state index contributed by atoms with van der Waals surface area (Å²) in [7, 11) is 2.02. The number of alkyl halides is 3. The van der Waals surface area contributed by atoms with Gasteiger partial charge >= 0.3 is 6.18 Å². The molecule has 0 atom stereocenters. The average Bonchev–Trinajstić information content (AvgIpc) is 2.29. The van der Waals surface area contributed by atoms with E-state index >= 15 is 0 Å². The third-order valence-electron chi connectivity index (χ3n) is 3.39. The third-order valence-corrected chi connectivity index (χ3v) is 3.39. The number of halogens is 3. The van der Waals surface area contributed by atoms with E-state index in [2.05, 4.69) is 4.90 Å². The van der Waals surface area contributed by atoms with Crippen molar-refractivity contribution >= 4 is 5.69 Å². The Hall–Kier alpha value is -1.23. The van der Waals surface area contributed by atoms with E-state index in [0.717, 1.165) is 26.2 Å². The van der Waals surface area contributed by atoms with Crippen molar-refractivity contribution in [3.8, 4) is 0 Å². The lowest BCUT2D eigenvalue weighted by Crippen LogP contribution is -2.44. The van der Waals surface area contributed by atoms with E-state index < -0.39 is 11.7 Å². The highest BCUT2D eigenvalue weighted by atomic mass is 19.4. The number of rotatable bonds is 1. The fourth-order valence-corrected chi connectivity index (χ4v) is 2.18. The zero-order valence-corrected chi connectivity index (χ0v) is 10.6. The van der Waals surface area contributed by atoms with Crippen molar-refractivity contribution in [3.05, 3.63) is 29.3 Å². The predicted octanol–water partition coefficient (Wildman–Crippen LogP) is 2.77. The highest BCUT2D eigenvalue weighted by molar-refractivity contribution is 5.52. The van der Waals surface area contributed by atoms with Gasteiger partial charge in [0.15, 0.2) is 0 Å². The Morgan fingerprint density at radius 3 is 2.22 bits per heavy atom. The SMILES string of the molecule is Cc1ccc(N2CCN(C)CC2)cc1C(F)(F)F. The summed E-state index contributed by atoms with van der Waals surface area (Å²) >= 11 is 0. The molecule has 2 nitrogen and oxygen atoms in total. The van der Waals surface area contributed by atoms with E-state index in [9.17, 15) is 13.2 Å². The molecule has 0 amide bonds. The standard InChI is InChI=1S/C13H17F3N2/c1-10-3-4-11(9-12(10)13(14,15)16)18-7-5-17(2)6-8-18/h3-4,9H,5-8H2,1-2H3. The molecule has 0 aliphatic carbocycles. The predicted molar refractivity (Wildman–Crippen MR) is 65.9 cm³/mol. The maximum atomic E-state index is 12.8. The van der Waals surface area contributed by atoms with Gasteiger partial charge in [-0.25, -0.2) is 0 Å². The number of piperazine rings is 1. The van der Waals surface area contributed by atoms with Gasteiger partial charge < -0.3 is 9.80 Å².